The number of piperidine rings is 1. The number of fused-ring (bicyclic) bond motifs is 6. The zero-order valence-corrected chi connectivity index (χ0v) is 43.0. The molecule has 5 fully saturated rings. The van der Waals surface area contributed by atoms with Crippen LogP contribution < -0.4 is 9.64 Å². The lowest BCUT2D eigenvalue weighted by Gasteiger charge is -2.42. The van der Waals surface area contributed by atoms with Crippen molar-refractivity contribution in [2.75, 3.05) is 50.8 Å². The molecule has 19 heteroatoms. The van der Waals surface area contributed by atoms with E-state index in [0.29, 0.717) is 69.1 Å². The minimum absolute atomic E-state index is 0.0276. The molecule has 4 saturated heterocycles. The molecule has 1 saturated carbocycles. The standard InChI is InChI=1S/C51H63F5N8O4SSi/c1-31-24-37-36(25-58-64(37)38-13-8-10-22-66-38)39(41(31)51(54,55)56)42-43-35(16-19-57-42)40-44(62-26-33-14-15-34(27-62)63(33)47(65)68-48(2,3)4)59-46(60-45(40)69-43)67-30-49(28-50(49,52)53)29-61-20-17-32(18-21-61)12-9-11-23-70(5,6)7/h16,19,24-25,32-34,38H,8-10,12-15,17-18,20-22,26-30H2,1-7H3/t33?,34?,38?,49-/m1/s1. The van der Waals surface area contributed by atoms with E-state index in [9.17, 15) is 4.79 Å². The Morgan fingerprint density at radius 3 is 2.39 bits per heavy atom. The van der Waals surface area contributed by atoms with Gasteiger partial charge in [-0.1, -0.05) is 19.6 Å². The molecule has 4 atom stereocenters. The van der Waals surface area contributed by atoms with Crippen LogP contribution in [0.25, 0.3) is 42.5 Å². The Labute approximate surface area is 410 Å². The van der Waals surface area contributed by atoms with E-state index in [0.717, 1.165) is 64.5 Å². The van der Waals surface area contributed by atoms with Crippen molar-refractivity contribution in [2.24, 2.45) is 11.3 Å². The van der Waals surface area contributed by atoms with Crippen LogP contribution in [0.3, 0.4) is 0 Å². The maximum Gasteiger partial charge on any atom is 0.417 e. The largest absolute Gasteiger partial charge is 0.462 e. The van der Waals surface area contributed by atoms with Crippen molar-refractivity contribution >= 4 is 62.5 Å². The number of halogens is 5. The molecule has 0 radical (unpaired) electrons. The highest BCUT2D eigenvalue weighted by Crippen LogP contribution is 2.61. The van der Waals surface area contributed by atoms with E-state index in [1.807, 2.05) is 25.7 Å². The SMILES string of the molecule is Cc1cc2c(cnn2C2CCCCO2)c(-c2nccc3c2sc2nc(OC[C@]4(CN5CCC(CCC#C[Si](C)(C)C)CC5)CC4(F)F)nc(N4CC5CCC(C4)N5C(=O)OC(C)(C)C)c23)c1C(F)(F)F. The van der Waals surface area contributed by atoms with Crippen LogP contribution >= 0.6 is 11.3 Å². The number of carbonyl (C=O) groups is 1. The number of amides is 1. The minimum atomic E-state index is -4.74. The highest BCUT2D eigenvalue weighted by molar-refractivity contribution is 7.26. The topological polar surface area (TPSA) is 111 Å². The summed E-state index contributed by atoms with van der Waals surface area (Å²) in [6.07, 6.45) is 4.84. The van der Waals surface area contributed by atoms with Crippen molar-refractivity contribution in [3.63, 3.8) is 0 Å². The van der Waals surface area contributed by atoms with Gasteiger partial charge in [0.25, 0.3) is 5.92 Å². The number of piperazine rings is 1. The number of ether oxygens (including phenoxy) is 3. The monoisotopic (exact) mass is 1010 g/mol. The van der Waals surface area contributed by atoms with Crippen molar-refractivity contribution in [3.05, 3.63) is 35.7 Å². The molecule has 1 aliphatic carbocycles. The normalized spacial score (nSPS) is 24.4. The number of nitrogens with zero attached hydrogens (tertiary/aromatic N) is 8. The molecule has 5 aliphatic rings. The number of carbonyl (C=O) groups excluding carboxylic acids is 1. The molecule has 3 unspecified atom stereocenters. The summed E-state index contributed by atoms with van der Waals surface area (Å²) in [5.41, 5.74) is 1.09. The van der Waals surface area contributed by atoms with E-state index in [2.05, 4.69) is 46.0 Å². The Hall–Kier alpha value is -4.64. The van der Waals surface area contributed by atoms with Crippen LogP contribution in [0.2, 0.25) is 19.6 Å². The van der Waals surface area contributed by atoms with Crippen molar-refractivity contribution in [1.82, 2.24) is 34.5 Å². The van der Waals surface area contributed by atoms with Crippen LogP contribution in [0.5, 0.6) is 6.01 Å². The molecule has 0 N–H and O–H groups in total. The Morgan fingerprint density at radius 1 is 1.01 bits per heavy atom. The molecule has 0 spiro atoms. The summed E-state index contributed by atoms with van der Waals surface area (Å²) in [5.74, 6) is 1.41. The van der Waals surface area contributed by atoms with E-state index in [4.69, 9.17) is 29.2 Å². The van der Waals surface area contributed by atoms with Gasteiger partial charge in [0.1, 0.15) is 30.9 Å². The second-order valence-corrected chi connectivity index (χ2v) is 28.1. The van der Waals surface area contributed by atoms with Gasteiger partial charge in [0.15, 0.2) is 6.23 Å². The number of aryl methyl sites for hydroxylation is 1. The van der Waals surface area contributed by atoms with Gasteiger partial charge in [-0.05, 0) is 116 Å². The number of aromatic nitrogens is 5. The minimum Gasteiger partial charge on any atom is -0.462 e. The van der Waals surface area contributed by atoms with Gasteiger partial charge in [-0.3, -0.25) is 9.88 Å². The van der Waals surface area contributed by atoms with Crippen LogP contribution in [0.15, 0.2) is 24.5 Å². The third-order valence-electron chi connectivity index (χ3n) is 14.7. The van der Waals surface area contributed by atoms with E-state index in [1.165, 1.54) is 36.7 Å². The van der Waals surface area contributed by atoms with E-state index < -0.39 is 43.0 Å². The van der Waals surface area contributed by atoms with Gasteiger partial charge in [0, 0.05) is 61.6 Å². The lowest BCUT2D eigenvalue weighted by atomic mass is 9.91. The molecule has 12 nitrogen and oxygen atoms in total. The third-order valence-corrected chi connectivity index (χ3v) is 16.7. The van der Waals surface area contributed by atoms with E-state index in [-0.39, 0.29) is 60.6 Å². The first-order valence-corrected chi connectivity index (χ1v) is 29.2. The van der Waals surface area contributed by atoms with Gasteiger partial charge in [0.2, 0.25) is 0 Å². The predicted molar refractivity (Wildman–Crippen MR) is 264 cm³/mol. The Morgan fingerprint density at radius 2 is 1.74 bits per heavy atom. The molecule has 10 rings (SSSR count). The first-order chi connectivity index (χ1) is 33.1. The second kappa shape index (κ2) is 18.1. The quantitative estimate of drug-likeness (QED) is 0.0762. The van der Waals surface area contributed by atoms with Crippen LogP contribution in [-0.2, 0) is 15.7 Å². The number of pyridine rings is 1. The second-order valence-electron chi connectivity index (χ2n) is 22.4. The summed E-state index contributed by atoms with van der Waals surface area (Å²) < 4.78 is 97.7. The number of benzene rings is 1. The molecule has 5 aromatic rings. The zero-order valence-electron chi connectivity index (χ0n) is 41.1. The Kier molecular flexibility index (Phi) is 12.7. The molecule has 2 bridgehead atoms. The summed E-state index contributed by atoms with van der Waals surface area (Å²) in [6.45, 7) is 16.3. The fraction of sp³-hybridized carbons (Fsp3) is 0.627. The van der Waals surface area contributed by atoms with Crippen LogP contribution in [-0.4, -0.2) is 118 Å². The van der Waals surface area contributed by atoms with Crippen LogP contribution in [0.1, 0.15) is 102 Å². The lowest BCUT2D eigenvalue weighted by molar-refractivity contribution is -0.137. The zero-order chi connectivity index (χ0) is 49.5. The highest BCUT2D eigenvalue weighted by atomic mass is 32.1. The molecular formula is C51H63F5N8O4SSi. The number of likely N-dealkylation sites (tertiary alicyclic amines) is 1. The van der Waals surface area contributed by atoms with Gasteiger partial charge in [0.05, 0.1) is 50.6 Å². The third kappa shape index (κ3) is 9.58. The van der Waals surface area contributed by atoms with Crippen LogP contribution in [0, 0.1) is 29.7 Å². The van der Waals surface area contributed by atoms with E-state index >= 15 is 22.0 Å². The maximum absolute atomic E-state index is 15.6. The molecule has 4 aromatic heterocycles. The highest BCUT2D eigenvalue weighted by Gasteiger charge is 2.72. The van der Waals surface area contributed by atoms with Gasteiger partial charge >= 0.3 is 18.3 Å². The van der Waals surface area contributed by atoms with E-state index in [1.54, 1.807) is 10.7 Å². The fourth-order valence-corrected chi connectivity index (χ4v) is 13.0. The number of hydrogen-bond donors (Lipinski definition) is 0. The molecular weight excluding hydrogens is 944 g/mol. The number of hydrogen-bond acceptors (Lipinski definition) is 11. The summed E-state index contributed by atoms with van der Waals surface area (Å²) in [7, 11) is -1.43. The first-order valence-electron chi connectivity index (χ1n) is 24.9. The van der Waals surface area contributed by atoms with Crippen molar-refractivity contribution in [3.8, 4) is 28.7 Å². The molecule has 8 heterocycles. The van der Waals surface area contributed by atoms with Crippen molar-refractivity contribution < 1.29 is 41.0 Å². The van der Waals surface area contributed by atoms with Crippen molar-refractivity contribution in [1.29, 1.82) is 0 Å². The molecule has 70 heavy (non-hydrogen) atoms. The smallest absolute Gasteiger partial charge is 0.417 e. The maximum atomic E-state index is 15.6. The number of alkyl halides is 5. The fourth-order valence-electron chi connectivity index (χ4n) is 11.2. The van der Waals surface area contributed by atoms with Crippen molar-refractivity contribution in [2.45, 2.75) is 148 Å². The Balaban J connectivity index is 1.01. The van der Waals surface area contributed by atoms with Gasteiger partial charge in [-0.2, -0.15) is 28.2 Å². The molecule has 4 aliphatic heterocycles. The summed E-state index contributed by atoms with van der Waals surface area (Å²) in [4.78, 5) is 34.6. The van der Waals surface area contributed by atoms with Gasteiger partial charge in [-0.25, -0.2) is 18.3 Å². The lowest BCUT2D eigenvalue weighted by Crippen LogP contribution is -2.57. The average molecular weight is 1010 g/mol. The summed E-state index contributed by atoms with van der Waals surface area (Å²) in [6, 6.07) is 2.79. The van der Waals surface area contributed by atoms with Crippen LogP contribution in [0.4, 0.5) is 32.6 Å². The average Bonchev–Trinajstić information content (AvgIpc) is 3.65. The van der Waals surface area contributed by atoms with Gasteiger partial charge in [-0.15, -0.1) is 22.8 Å². The molecule has 1 amide bonds. The Bertz CT molecular complexity index is 2860. The molecule has 376 valence electrons. The molecule has 1 aromatic carbocycles. The summed E-state index contributed by atoms with van der Waals surface area (Å²) >= 11 is 1.17. The number of anilines is 1. The van der Waals surface area contributed by atoms with Gasteiger partial charge < -0.3 is 24.0 Å². The predicted octanol–water partition coefficient (Wildman–Crippen LogP) is 11.6. The number of rotatable bonds is 10. The number of thiophene rings is 1. The first kappa shape index (κ1) is 49.0. The summed E-state index contributed by atoms with van der Waals surface area (Å²) in [5, 5.41) is 6.09.